The first-order valence-electron chi connectivity index (χ1n) is 11.0. The molecule has 1 amide bonds. The van der Waals surface area contributed by atoms with Crippen molar-refractivity contribution in [3.05, 3.63) is 65.7 Å². The van der Waals surface area contributed by atoms with E-state index in [0.717, 1.165) is 65.6 Å². The van der Waals surface area contributed by atoms with Crippen LogP contribution in [-0.2, 0) is 9.53 Å². The van der Waals surface area contributed by atoms with Crippen LogP contribution in [0.25, 0.3) is 17.0 Å². The van der Waals surface area contributed by atoms with Gasteiger partial charge in [0, 0.05) is 30.2 Å². The van der Waals surface area contributed by atoms with E-state index in [1.165, 1.54) is 6.08 Å². The molecule has 4 rings (SSSR count). The molecule has 3 aromatic rings. The predicted molar refractivity (Wildman–Crippen MR) is 129 cm³/mol. The van der Waals surface area contributed by atoms with Crippen molar-refractivity contribution >= 4 is 34.4 Å². The number of rotatable bonds is 6. The minimum atomic E-state index is -0.178. The number of benzene rings is 2. The molecule has 0 bridgehead atoms. The molecule has 6 nitrogen and oxygen atoms in total. The van der Waals surface area contributed by atoms with Crippen molar-refractivity contribution in [1.29, 1.82) is 0 Å². The Morgan fingerprint density at radius 2 is 1.88 bits per heavy atom. The van der Waals surface area contributed by atoms with Crippen LogP contribution < -0.4 is 15.0 Å². The summed E-state index contributed by atoms with van der Waals surface area (Å²) in [6.07, 6.45) is 3.46. The molecule has 6 heteroatoms. The number of nitrogens with zero attached hydrogens (tertiary/aromatic N) is 2. The highest BCUT2D eigenvalue weighted by molar-refractivity contribution is 6.03. The van der Waals surface area contributed by atoms with Crippen molar-refractivity contribution in [1.82, 2.24) is 4.98 Å². The topological polar surface area (TPSA) is 63.7 Å². The Morgan fingerprint density at radius 1 is 1.12 bits per heavy atom. The van der Waals surface area contributed by atoms with Crippen molar-refractivity contribution in [2.75, 3.05) is 36.5 Å². The molecule has 1 aliphatic rings. The number of hydrogen-bond acceptors (Lipinski definition) is 5. The van der Waals surface area contributed by atoms with Crippen LogP contribution in [0.4, 0.5) is 11.5 Å². The highest BCUT2D eigenvalue weighted by atomic mass is 16.5. The van der Waals surface area contributed by atoms with E-state index in [1.54, 1.807) is 6.08 Å². The molecule has 1 saturated heterocycles. The van der Waals surface area contributed by atoms with Crippen molar-refractivity contribution in [3.8, 4) is 5.75 Å². The van der Waals surface area contributed by atoms with E-state index >= 15 is 0 Å². The number of carbonyl (C=O) groups is 1. The molecule has 1 aliphatic heterocycles. The van der Waals surface area contributed by atoms with Gasteiger partial charge in [-0.15, -0.1) is 0 Å². The summed E-state index contributed by atoms with van der Waals surface area (Å²) in [7, 11) is 0. The molecule has 166 valence electrons. The molecule has 0 unspecified atom stereocenters. The summed E-state index contributed by atoms with van der Waals surface area (Å²) in [6, 6.07) is 15.6. The second-order valence-electron chi connectivity index (χ2n) is 8.19. The Bertz CT molecular complexity index is 1120. The number of fused-ring (bicyclic) bond motifs is 1. The Labute approximate surface area is 188 Å². The first kappa shape index (κ1) is 21.8. The number of pyridine rings is 1. The lowest BCUT2D eigenvalue weighted by Gasteiger charge is -2.28. The first-order valence-corrected chi connectivity index (χ1v) is 11.0. The molecule has 0 spiro atoms. The molecule has 2 heterocycles. The minimum absolute atomic E-state index is 0.133. The quantitative estimate of drug-likeness (QED) is 0.567. The SMILES string of the molecule is Cc1cc(N2CCOCC2)nc2ccc(NC(=O)C=Cc3ccc(OC(C)C)cc3)cc12. The van der Waals surface area contributed by atoms with E-state index in [0.29, 0.717) is 0 Å². The van der Waals surface area contributed by atoms with Gasteiger partial charge in [-0.2, -0.15) is 0 Å². The van der Waals surface area contributed by atoms with Crippen molar-refractivity contribution in [3.63, 3.8) is 0 Å². The number of ether oxygens (including phenoxy) is 2. The Morgan fingerprint density at radius 3 is 2.59 bits per heavy atom. The summed E-state index contributed by atoms with van der Waals surface area (Å²) in [6.45, 7) is 9.22. The lowest BCUT2D eigenvalue weighted by molar-refractivity contribution is -0.111. The van der Waals surface area contributed by atoms with Gasteiger partial charge < -0.3 is 19.7 Å². The van der Waals surface area contributed by atoms with Crippen LogP contribution >= 0.6 is 0 Å². The molecular formula is C26H29N3O3. The van der Waals surface area contributed by atoms with E-state index in [2.05, 4.69) is 23.2 Å². The first-order chi connectivity index (χ1) is 15.5. The highest BCUT2D eigenvalue weighted by Gasteiger charge is 2.14. The van der Waals surface area contributed by atoms with E-state index in [-0.39, 0.29) is 12.0 Å². The molecule has 0 radical (unpaired) electrons. The van der Waals surface area contributed by atoms with E-state index in [9.17, 15) is 4.79 Å². The monoisotopic (exact) mass is 431 g/mol. The second-order valence-corrected chi connectivity index (χ2v) is 8.19. The van der Waals surface area contributed by atoms with Crippen molar-refractivity contribution < 1.29 is 14.3 Å². The van der Waals surface area contributed by atoms with Crippen molar-refractivity contribution in [2.45, 2.75) is 26.9 Å². The van der Waals surface area contributed by atoms with Crippen LogP contribution in [0, 0.1) is 6.92 Å². The number of nitrogens with one attached hydrogen (secondary N) is 1. The number of morpholine rings is 1. The third-order valence-corrected chi connectivity index (χ3v) is 5.28. The van der Waals surface area contributed by atoms with Gasteiger partial charge in [-0.3, -0.25) is 4.79 Å². The fourth-order valence-corrected chi connectivity index (χ4v) is 3.69. The summed E-state index contributed by atoms with van der Waals surface area (Å²) in [4.78, 5) is 19.5. The highest BCUT2D eigenvalue weighted by Crippen LogP contribution is 2.26. The molecule has 2 aromatic carbocycles. The Kier molecular flexibility index (Phi) is 6.71. The van der Waals surface area contributed by atoms with Crippen molar-refractivity contribution in [2.24, 2.45) is 0 Å². The van der Waals surface area contributed by atoms with Gasteiger partial charge in [0.2, 0.25) is 5.91 Å². The molecule has 1 fully saturated rings. The van der Waals surface area contributed by atoms with E-state index < -0.39 is 0 Å². The van der Waals surface area contributed by atoms with Crippen LogP contribution in [0.1, 0.15) is 25.0 Å². The Balaban J connectivity index is 1.43. The largest absolute Gasteiger partial charge is 0.491 e. The van der Waals surface area contributed by atoms with E-state index in [4.69, 9.17) is 14.5 Å². The van der Waals surface area contributed by atoms with Gasteiger partial charge in [-0.25, -0.2) is 4.98 Å². The van der Waals surface area contributed by atoms with Crippen LogP contribution in [0.3, 0.4) is 0 Å². The zero-order chi connectivity index (χ0) is 22.5. The lowest BCUT2D eigenvalue weighted by atomic mass is 10.1. The molecule has 1 N–H and O–H groups in total. The molecule has 0 saturated carbocycles. The maximum atomic E-state index is 12.4. The molecular weight excluding hydrogens is 402 g/mol. The number of carbonyl (C=O) groups excluding carboxylic acids is 1. The summed E-state index contributed by atoms with van der Waals surface area (Å²) in [5.41, 5.74) is 3.73. The standard InChI is InChI=1S/C26H29N3O3/c1-18(2)32-22-8-4-20(5-9-22)6-11-26(30)27-21-7-10-24-23(17-21)19(3)16-25(28-24)29-12-14-31-15-13-29/h4-11,16-18H,12-15H2,1-3H3,(H,27,30). The maximum absolute atomic E-state index is 12.4. The third-order valence-electron chi connectivity index (χ3n) is 5.28. The van der Waals surface area contributed by atoms with Gasteiger partial charge in [0.15, 0.2) is 0 Å². The predicted octanol–water partition coefficient (Wildman–Crippen LogP) is 4.82. The summed E-state index contributed by atoms with van der Waals surface area (Å²) >= 11 is 0. The number of hydrogen-bond donors (Lipinski definition) is 1. The minimum Gasteiger partial charge on any atom is -0.491 e. The zero-order valence-corrected chi connectivity index (χ0v) is 18.8. The summed E-state index contributed by atoms with van der Waals surface area (Å²) < 4.78 is 11.1. The molecule has 32 heavy (non-hydrogen) atoms. The van der Waals surface area contributed by atoms with E-state index in [1.807, 2.05) is 56.3 Å². The van der Waals surface area contributed by atoms with Gasteiger partial charge in [0.1, 0.15) is 11.6 Å². The van der Waals surface area contributed by atoms with Gasteiger partial charge in [-0.05, 0) is 74.4 Å². The fraction of sp³-hybridized carbons (Fsp3) is 0.308. The fourth-order valence-electron chi connectivity index (χ4n) is 3.69. The van der Waals surface area contributed by atoms with Gasteiger partial charge in [-0.1, -0.05) is 12.1 Å². The third kappa shape index (κ3) is 5.45. The maximum Gasteiger partial charge on any atom is 0.248 e. The zero-order valence-electron chi connectivity index (χ0n) is 18.8. The van der Waals surface area contributed by atoms with Gasteiger partial charge in [0.25, 0.3) is 0 Å². The number of amides is 1. The van der Waals surface area contributed by atoms with Crippen LogP contribution in [0.15, 0.2) is 54.6 Å². The molecule has 0 atom stereocenters. The molecule has 0 aliphatic carbocycles. The lowest BCUT2D eigenvalue weighted by Crippen LogP contribution is -2.36. The van der Waals surface area contributed by atoms with Crippen LogP contribution in [-0.4, -0.2) is 43.3 Å². The number of anilines is 2. The smallest absolute Gasteiger partial charge is 0.248 e. The van der Waals surface area contributed by atoms with Crippen LogP contribution in [0.5, 0.6) is 5.75 Å². The average Bonchev–Trinajstić information content (AvgIpc) is 2.79. The normalized spacial score (nSPS) is 14.3. The Hall–Kier alpha value is -3.38. The van der Waals surface area contributed by atoms with Crippen LogP contribution in [0.2, 0.25) is 0 Å². The second kappa shape index (κ2) is 9.83. The number of aryl methyl sites for hydroxylation is 1. The molecule has 1 aromatic heterocycles. The summed E-state index contributed by atoms with van der Waals surface area (Å²) in [5, 5.41) is 3.97. The summed E-state index contributed by atoms with van der Waals surface area (Å²) in [5.74, 6) is 1.61. The average molecular weight is 432 g/mol. The number of aromatic nitrogens is 1. The van der Waals surface area contributed by atoms with Gasteiger partial charge in [0.05, 0.1) is 24.8 Å². The van der Waals surface area contributed by atoms with Gasteiger partial charge >= 0.3 is 0 Å².